The summed E-state index contributed by atoms with van der Waals surface area (Å²) in [7, 11) is 0. The first-order valence-electron chi connectivity index (χ1n) is 5.54. The van der Waals surface area contributed by atoms with Crippen molar-refractivity contribution in [3.63, 3.8) is 0 Å². The Balaban J connectivity index is 2.00. The van der Waals surface area contributed by atoms with E-state index in [4.69, 9.17) is 0 Å². The van der Waals surface area contributed by atoms with E-state index in [-0.39, 0.29) is 0 Å². The third-order valence-electron chi connectivity index (χ3n) is 2.68. The summed E-state index contributed by atoms with van der Waals surface area (Å²) >= 11 is 0. The third-order valence-corrected chi connectivity index (χ3v) is 2.68. The molecule has 0 unspecified atom stereocenters. The molecule has 0 amide bonds. The molecule has 0 aliphatic rings. The highest BCUT2D eigenvalue weighted by molar-refractivity contribution is 5.73. The van der Waals surface area contributed by atoms with Gasteiger partial charge >= 0.3 is 0 Å². The molecule has 0 aliphatic carbocycles. The zero-order valence-corrected chi connectivity index (χ0v) is 9.54. The van der Waals surface area contributed by atoms with Crippen LogP contribution >= 0.6 is 0 Å². The lowest BCUT2D eigenvalue weighted by molar-refractivity contribution is 0.656. The third kappa shape index (κ3) is 1.89. The van der Waals surface area contributed by atoms with Crippen molar-refractivity contribution in [2.24, 2.45) is 0 Å². The molecule has 17 heavy (non-hydrogen) atoms. The van der Waals surface area contributed by atoms with Gasteiger partial charge in [-0.15, -0.1) is 5.10 Å². The predicted molar refractivity (Wildman–Crippen MR) is 65.6 cm³/mol. The van der Waals surface area contributed by atoms with Crippen molar-refractivity contribution in [1.82, 2.24) is 20.0 Å². The molecular formula is C13H12N4. The summed E-state index contributed by atoms with van der Waals surface area (Å²) in [6.07, 6.45) is 0. The molecule has 4 nitrogen and oxygen atoms in total. The lowest BCUT2D eigenvalue weighted by atomic mass is 10.3. The lowest BCUT2D eigenvalue weighted by Gasteiger charge is -2.02. The first-order valence-corrected chi connectivity index (χ1v) is 5.54. The van der Waals surface area contributed by atoms with Crippen LogP contribution in [-0.2, 0) is 6.54 Å². The summed E-state index contributed by atoms with van der Waals surface area (Å²) in [5.74, 6) is 0. The number of fused-ring (bicyclic) bond motifs is 1. The summed E-state index contributed by atoms with van der Waals surface area (Å²) in [4.78, 5) is 4.47. The van der Waals surface area contributed by atoms with E-state index < -0.39 is 0 Å². The Kier molecular flexibility index (Phi) is 2.33. The molecule has 1 aromatic carbocycles. The molecule has 0 radical (unpaired) electrons. The fourth-order valence-corrected chi connectivity index (χ4v) is 1.88. The van der Waals surface area contributed by atoms with E-state index in [9.17, 15) is 0 Å². The summed E-state index contributed by atoms with van der Waals surface area (Å²) in [5, 5.41) is 8.27. The Hall–Kier alpha value is -2.23. The molecular weight excluding hydrogens is 212 g/mol. The number of para-hydroxylation sites is 1. The van der Waals surface area contributed by atoms with Crippen molar-refractivity contribution in [2.45, 2.75) is 13.5 Å². The van der Waals surface area contributed by atoms with Crippen LogP contribution in [0.25, 0.3) is 11.0 Å². The van der Waals surface area contributed by atoms with Crippen LogP contribution < -0.4 is 0 Å². The highest BCUT2D eigenvalue weighted by Crippen LogP contribution is 2.11. The molecule has 0 saturated carbocycles. The van der Waals surface area contributed by atoms with E-state index in [0.29, 0.717) is 6.54 Å². The van der Waals surface area contributed by atoms with Gasteiger partial charge in [0, 0.05) is 5.69 Å². The Morgan fingerprint density at radius 2 is 1.94 bits per heavy atom. The van der Waals surface area contributed by atoms with Crippen LogP contribution in [0.1, 0.15) is 11.4 Å². The molecule has 0 atom stereocenters. The number of rotatable bonds is 2. The molecule has 3 aromatic rings. The quantitative estimate of drug-likeness (QED) is 0.670. The van der Waals surface area contributed by atoms with Gasteiger partial charge in [0.15, 0.2) is 0 Å². The van der Waals surface area contributed by atoms with Crippen LogP contribution in [0.3, 0.4) is 0 Å². The van der Waals surface area contributed by atoms with Gasteiger partial charge in [-0.2, -0.15) is 0 Å². The van der Waals surface area contributed by atoms with Crippen molar-refractivity contribution in [3.8, 4) is 0 Å². The molecule has 0 aliphatic heterocycles. The SMILES string of the molecule is Cc1cccc(Cn2nnc3ccccc32)n1. The molecule has 0 fully saturated rings. The number of benzene rings is 1. The summed E-state index contributed by atoms with van der Waals surface area (Å²) < 4.78 is 1.87. The zero-order valence-electron chi connectivity index (χ0n) is 9.54. The van der Waals surface area contributed by atoms with E-state index in [1.807, 2.05) is 54.1 Å². The molecule has 0 N–H and O–H groups in total. The number of aryl methyl sites for hydroxylation is 1. The van der Waals surface area contributed by atoms with Crippen molar-refractivity contribution >= 4 is 11.0 Å². The maximum atomic E-state index is 4.47. The largest absolute Gasteiger partial charge is 0.256 e. The molecule has 84 valence electrons. The maximum Gasteiger partial charge on any atom is 0.113 e. The molecule has 3 rings (SSSR count). The molecule has 0 saturated heterocycles. The van der Waals surface area contributed by atoms with Gasteiger partial charge in [-0.05, 0) is 31.2 Å². The fourth-order valence-electron chi connectivity index (χ4n) is 1.88. The van der Waals surface area contributed by atoms with Gasteiger partial charge in [0.25, 0.3) is 0 Å². The second-order valence-electron chi connectivity index (χ2n) is 4.01. The van der Waals surface area contributed by atoms with Gasteiger partial charge in [0.2, 0.25) is 0 Å². The minimum atomic E-state index is 0.655. The van der Waals surface area contributed by atoms with E-state index in [0.717, 1.165) is 22.4 Å². The van der Waals surface area contributed by atoms with Crippen LogP contribution in [0.15, 0.2) is 42.5 Å². The molecule has 0 bridgehead atoms. The smallest absolute Gasteiger partial charge is 0.113 e. The maximum absolute atomic E-state index is 4.47. The van der Waals surface area contributed by atoms with E-state index in [1.54, 1.807) is 0 Å². The van der Waals surface area contributed by atoms with Gasteiger partial charge in [0.05, 0.1) is 17.8 Å². The average Bonchev–Trinajstić information content (AvgIpc) is 2.73. The first kappa shape index (κ1) is 9.96. The van der Waals surface area contributed by atoms with Crippen LogP contribution in [0.2, 0.25) is 0 Å². The minimum Gasteiger partial charge on any atom is -0.256 e. The van der Waals surface area contributed by atoms with Crippen molar-refractivity contribution < 1.29 is 0 Å². The number of pyridine rings is 1. The standard InChI is InChI=1S/C13H12N4/c1-10-5-4-6-11(14-10)9-17-13-8-3-2-7-12(13)15-16-17/h2-8H,9H2,1H3. The molecule has 2 aromatic heterocycles. The number of hydrogen-bond donors (Lipinski definition) is 0. The number of nitrogens with zero attached hydrogens (tertiary/aromatic N) is 4. The van der Waals surface area contributed by atoms with Gasteiger partial charge in [-0.3, -0.25) is 4.98 Å². The van der Waals surface area contributed by atoms with Crippen molar-refractivity contribution in [2.75, 3.05) is 0 Å². The normalized spacial score (nSPS) is 10.9. The van der Waals surface area contributed by atoms with Crippen LogP contribution in [-0.4, -0.2) is 20.0 Å². The second kappa shape index (κ2) is 3.97. The first-order chi connectivity index (χ1) is 8.33. The highest BCUT2D eigenvalue weighted by atomic mass is 15.4. The highest BCUT2D eigenvalue weighted by Gasteiger charge is 2.04. The van der Waals surface area contributed by atoms with E-state index >= 15 is 0 Å². The van der Waals surface area contributed by atoms with E-state index in [1.165, 1.54) is 0 Å². The summed E-state index contributed by atoms with van der Waals surface area (Å²) in [6.45, 7) is 2.64. The zero-order chi connectivity index (χ0) is 11.7. The summed E-state index contributed by atoms with van der Waals surface area (Å²) in [5.41, 5.74) is 3.98. The average molecular weight is 224 g/mol. The van der Waals surface area contributed by atoms with Gasteiger partial charge in [0.1, 0.15) is 5.52 Å². The van der Waals surface area contributed by atoms with Crippen LogP contribution in [0.5, 0.6) is 0 Å². The van der Waals surface area contributed by atoms with Crippen LogP contribution in [0.4, 0.5) is 0 Å². The Morgan fingerprint density at radius 3 is 2.82 bits per heavy atom. The molecule has 0 spiro atoms. The topological polar surface area (TPSA) is 43.6 Å². The summed E-state index contributed by atoms with van der Waals surface area (Å²) in [6, 6.07) is 13.9. The lowest BCUT2D eigenvalue weighted by Crippen LogP contribution is -2.04. The number of aromatic nitrogens is 4. The van der Waals surface area contributed by atoms with E-state index in [2.05, 4.69) is 15.3 Å². The van der Waals surface area contributed by atoms with Crippen LogP contribution in [0, 0.1) is 6.92 Å². The fraction of sp³-hybridized carbons (Fsp3) is 0.154. The van der Waals surface area contributed by atoms with Crippen molar-refractivity contribution in [3.05, 3.63) is 53.9 Å². The Labute approximate surface area is 98.9 Å². The van der Waals surface area contributed by atoms with Gasteiger partial charge in [-0.25, -0.2) is 4.68 Å². The minimum absolute atomic E-state index is 0.655. The van der Waals surface area contributed by atoms with Gasteiger partial charge < -0.3 is 0 Å². The van der Waals surface area contributed by atoms with Gasteiger partial charge in [-0.1, -0.05) is 23.4 Å². The predicted octanol–water partition coefficient (Wildman–Crippen LogP) is 2.18. The molecule has 4 heteroatoms. The molecule has 2 heterocycles. The second-order valence-corrected chi connectivity index (χ2v) is 4.01. The Morgan fingerprint density at radius 1 is 1.06 bits per heavy atom. The Bertz CT molecular complexity index is 657. The van der Waals surface area contributed by atoms with Crippen molar-refractivity contribution in [1.29, 1.82) is 0 Å². The monoisotopic (exact) mass is 224 g/mol. The number of hydrogen-bond acceptors (Lipinski definition) is 3.